The van der Waals surface area contributed by atoms with E-state index in [0.717, 1.165) is 22.6 Å². The second kappa shape index (κ2) is 4.23. The van der Waals surface area contributed by atoms with Crippen LogP contribution in [0.15, 0.2) is 18.2 Å². The van der Waals surface area contributed by atoms with Gasteiger partial charge in [-0.15, -0.1) is 0 Å². The summed E-state index contributed by atoms with van der Waals surface area (Å²) in [6, 6.07) is 7.91. The molecule has 86 valence electrons. The number of nitrogens with zero attached hydrogens (tertiary/aromatic N) is 3. The number of aromatic nitrogens is 2. The SMILES string of the molecule is Cc1ccc(-n2nc(C)c(C#N)c2C)cc1Cl. The van der Waals surface area contributed by atoms with E-state index < -0.39 is 0 Å². The maximum Gasteiger partial charge on any atom is 0.103 e. The van der Waals surface area contributed by atoms with Crippen LogP contribution in [0.3, 0.4) is 0 Å². The van der Waals surface area contributed by atoms with Crippen molar-refractivity contribution in [3.63, 3.8) is 0 Å². The molecule has 0 bridgehead atoms. The molecule has 0 aliphatic carbocycles. The maximum absolute atomic E-state index is 9.03. The van der Waals surface area contributed by atoms with E-state index in [4.69, 9.17) is 16.9 Å². The molecule has 2 aromatic rings. The Morgan fingerprint density at radius 3 is 2.53 bits per heavy atom. The molecule has 17 heavy (non-hydrogen) atoms. The molecule has 0 saturated carbocycles. The van der Waals surface area contributed by atoms with E-state index in [1.807, 2.05) is 39.0 Å². The molecule has 0 amide bonds. The summed E-state index contributed by atoms with van der Waals surface area (Å²) in [7, 11) is 0. The third-order valence-electron chi connectivity index (χ3n) is 2.80. The fraction of sp³-hybridized carbons (Fsp3) is 0.231. The van der Waals surface area contributed by atoms with E-state index in [1.165, 1.54) is 0 Å². The molecule has 1 aromatic carbocycles. The van der Waals surface area contributed by atoms with E-state index in [1.54, 1.807) is 4.68 Å². The van der Waals surface area contributed by atoms with Gasteiger partial charge in [0.05, 0.1) is 22.6 Å². The molecule has 0 spiro atoms. The third-order valence-corrected chi connectivity index (χ3v) is 3.21. The summed E-state index contributed by atoms with van der Waals surface area (Å²) < 4.78 is 1.75. The van der Waals surface area contributed by atoms with Crippen LogP contribution in [0.1, 0.15) is 22.5 Å². The van der Waals surface area contributed by atoms with Gasteiger partial charge in [0.1, 0.15) is 6.07 Å². The van der Waals surface area contributed by atoms with Gasteiger partial charge in [0.2, 0.25) is 0 Å². The fourth-order valence-corrected chi connectivity index (χ4v) is 1.94. The zero-order valence-electron chi connectivity index (χ0n) is 9.95. The van der Waals surface area contributed by atoms with Crippen LogP contribution in [0.25, 0.3) is 5.69 Å². The van der Waals surface area contributed by atoms with Crippen molar-refractivity contribution < 1.29 is 0 Å². The minimum absolute atomic E-state index is 0.627. The Bertz CT molecular complexity index is 620. The molecule has 0 unspecified atom stereocenters. The number of aryl methyl sites for hydroxylation is 2. The predicted molar refractivity (Wildman–Crippen MR) is 67.5 cm³/mol. The highest BCUT2D eigenvalue weighted by atomic mass is 35.5. The van der Waals surface area contributed by atoms with Gasteiger partial charge in [-0.2, -0.15) is 10.4 Å². The molecular weight excluding hydrogens is 234 g/mol. The Balaban J connectivity index is 2.62. The minimum atomic E-state index is 0.627. The number of hydrogen-bond acceptors (Lipinski definition) is 2. The Hall–Kier alpha value is -1.79. The molecule has 0 radical (unpaired) electrons. The van der Waals surface area contributed by atoms with Gasteiger partial charge in [0, 0.05) is 5.02 Å². The number of rotatable bonds is 1. The van der Waals surface area contributed by atoms with Gasteiger partial charge < -0.3 is 0 Å². The van der Waals surface area contributed by atoms with Crippen molar-refractivity contribution in [1.29, 1.82) is 5.26 Å². The average molecular weight is 246 g/mol. The van der Waals surface area contributed by atoms with E-state index in [9.17, 15) is 0 Å². The fourth-order valence-electron chi connectivity index (χ4n) is 1.77. The van der Waals surface area contributed by atoms with Crippen molar-refractivity contribution in [1.82, 2.24) is 9.78 Å². The van der Waals surface area contributed by atoms with Crippen molar-refractivity contribution in [2.24, 2.45) is 0 Å². The van der Waals surface area contributed by atoms with E-state index in [0.29, 0.717) is 10.6 Å². The van der Waals surface area contributed by atoms with Crippen molar-refractivity contribution >= 4 is 11.6 Å². The van der Waals surface area contributed by atoms with Gasteiger partial charge >= 0.3 is 0 Å². The summed E-state index contributed by atoms with van der Waals surface area (Å²) >= 11 is 6.09. The second-order valence-electron chi connectivity index (χ2n) is 4.00. The lowest BCUT2D eigenvalue weighted by Gasteiger charge is -2.06. The first-order chi connectivity index (χ1) is 8.04. The first-order valence-corrected chi connectivity index (χ1v) is 5.65. The summed E-state index contributed by atoms with van der Waals surface area (Å²) in [4.78, 5) is 0. The Morgan fingerprint density at radius 1 is 1.29 bits per heavy atom. The molecule has 2 rings (SSSR count). The van der Waals surface area contributed by atoms with Gasteiger partial charge in [-0.1, -0.05) is 17.7 Å². The number of hydrogen-bond donors (Lipinski definition) is 0. The topological polar surface area (TPSA) is 41.6 Å². The highest BCUT2D eigenvalue weighted by Crippen LogP contribution is 2.22. The van der Waals surface area contributed by atoms with Crippen LogP contribution in [-0.2, 0) is 0 Å². The molecule has 0 fully saturated rings. The van der Waals surface area contributed by atoms with Gasteiger partial charge in [-0.05, 0) is 38.5 Å². The summed E-state index contributed by atoms with van der Waals surface area (Å²) in [5.41, 5.74) is 4.11. The number of halogens is 1. The predicted octanol–water partition coefficient (Wildman–Crippen LogP) is 3.32. The zero-order valence-corrected chi connectivity index (χ0v) is 10.7. The smallest absolute Gasteiger partial charge is 0.103 e. The van der Waals surface area contributed by atoms with Gasteiger partial charge in [0.25, 0.3) is 0 Å². The largest absolute Gasteiger partial charge is 0.236 e. The minimum Gasteiger partial charge on any atom is -0.236 e. The molecular formula is C13H12ClN3. The average Bonchev–Trinajstić information content (AvgIpc) is 2.58. The first kappa shape index (κ1) is 11.7. The molecule has 1 heterocycles. The van der Waals surface area contributed by atoms with E-state index in [2.05, 4.69) is 11.2 Å². The van der Waals surface area contributed by atoms with Crippen LogP contribution in [0, 0.1) is 32.1 Å². The van der Waals surface area contributed by atoms with Crippen LogP contribution in [0.2, 0.25) is 5.02 Å². The summed E-state index contributed by atoms with van der Waals surface area (Å²) in [5.74, 6) is 0. The quantitative estimate of drug-likeness (QED) is 0.773. The lowest BCUT2D eigenvalue weighted by Crippen LogP contribution is -1.99. The van der Waals surface area contributed by atoms with Gasteiger partial charge in [0.15, 0.2) is 0 Å². The lowest BCUT2D eigenvalue weighted by atomic mass is 10.2. The van der Waals surface area contributed by atoms with Crippen molar-refractivity contribution in [2.45, 2.75) is 20.8 Å². The standard InChI is InChI=1S/C13H12ClN3/c1-8-4-5-11(6-13(8)14)17-10(3)12(7-15)9(2)16-17/h4-6H,1-3H3. The van der Waals surface area contributed by atoms with Crippen molar-refractivity contribution in [3.8, 4) is 11.8 Å². The first-order valence-electron chi connectivity index (χ1n) is 5.27. The van der Waals surface area contributed by atoms with Crippen molar-refractivity contribution in [2.75, 3.05) is 0 Å². The molecule has 4 heteroatoms. The summed E-state index contributed by atoms with van der Waals surface area (Å²) in [6.07, 6.45) is 0. The van der Waals surface area contributed by atoms with Crippen LogP contribution in [0.5, 0.6) is 0 Å². The summed E-state index contributed by atoms with van der Waals surface area (Å²) in [6.45, 7) is 5.66. The molecule has 0 aliphatic heterocycles. The molecule has 0 N–H and O–H groups in total. The van der Waals surface area contributed by atoms with Crippen LogP contribution in [0.4, 0.5) is 0 Å². The Morgan fingerprint density at radius 2 is 2.00 bits per heavy atom. The van der Waals surface area contributed by atoms with Crippen molar-refractivity contribution in [3.05, 3.63) is 45.7 Å². The highest BCUT2D eigenvalue weighted by molar-refractivity contribution is 6.31. The van der Waals surface area contributed by atoms with E-state index >= 15 is 0 Å². The van der Waals surface area contributed by atoms with Gasteiger partial charge in [-0.3, -0.25) is 0 Å². The zero-order chi connectivity index (χ0) is 12.6. The number of nitriles is 1. The van der Waals surface area contributed by atoms with Gasteiger partial charge in [-0.25, -0.2) is 4.68 Å². The molecule has 0 saturated heterocycles. The molecule has 0 atom stereocenters. The Labute approximate surface area is 105 Å². The second-order valence-corrected chi connectivity index (χ2v) is 4.41. The lowest BCUT2D eigenvalue weighted by molar-refractivity contribution is 0.833. The van der Waals surface area contributed by atoms with Crippen LogP contribution >= 0.6 is 11.6 Å². The van der Waals surface area contributed by atoms with Crippen LogP contribution < -0.4 is 0 Å². The highest BCUT2D eigenvalue weighted by Gasteiger charge is 2.12. The Kier molecular flexibility index (Phi) is 2.91. The monoisotopic (exact) mass is 245 g/mol. The molecule has 1 aromatic heterocycles. The van der Waals surface area contributed by atoms with E-state index in [-0.39, 0.29) is 0 Å². The normalized spacial score (nSPS) is 10.3. The molecule has 0 aliphatic rings. The molecule has 3 nitrogen and oxygen atoms in total. The maximum atomic E-state index is 9.03. The summed E-state index contributed by atoms with van der Waals surface area (Å²) in [5, 5.41) is 14.1. The number of benzene rings is 1. The van der Waals surface area contributed by atoms with Crippen LogP contribution in [-0.4, -0.2) is 9.78 Å². The third kappa shape index (κ3) is 1.92.